The van der Waals surface area contributed by atoms with E-state index in [0.29, 0.717) is 4.96 Å². The third-order valence-corrected chi connectivity index (χ3v) is 2.61. The van der Waals surface area contributed by atoms with Crippen LogP contribution in [0.25, 0.3) is 4.96 Å². The summed E-state index contributed by atoms with van der Waals surface area (Å²) in [5, 5.41) is 1.73. The minimum atomic E-state index is -0.629. The number of hydrogen-bond donors (Lipinski definition) is 0. The zero-order valence-corrected chi connectivity index (χ0v) is 10.0. The molecule has 7 heteroatoms. The van der Waals surface area contributed by atoms with Gasteiger partial charge in [0, 0.05) is 11.6 Å². The molecule has 5 nitrogen and oxygen atoms in total. The van der Waals surface area contributed by atoms with Gasteiger partial charge in [-0.2, -0.15) is 0 Å². The van der Waals surface area contributed by atoms with Gasteiger partial charge in [0.2, 0.25) is 0 Å². The van der Waals surface area contributed by atoms with Gasteiger partial charge < -0.3 is 4.74 Å². The highest BCUT2D eigenvalue weighted by molar-refractivity contribution is 7.15. The summed E-state index contributed by atoms with van der Waals surface area (Å²) in [7, 11) is 0. The normalized spacial score (nSPS) is 9.81. The van der Waals surface area contributed by atoms with E-state index in [0.717, 1.165) is 0 Å². The highest BCUT2D eigenvalue weighted by Crippen LogP contribution is 2.06. The largest absolute Gasteiger partial charge is 0.462 e. The number of hydrogen-bond acceptors (Lipinski definition) is 5. The number of rotatable bonds is 2. The maximum atomic E-state index is 11.7. The second-order valence-electron chi connectivity index (χ2n) is 2.75. The van der Waals surface area contributed by atoms with Crippen LogP contribution in [0.2, 0.25) is 0 Å². The maximum Gasteiger partial charge on any atom is 0.345 e. The minimum Gasteiger partial charge on any atom is -0.462 e. The van der Waals surface area contributed by atoms with Crippen LogP contribution in [0.1, 0.15) is 17.3 Å². The number of carbonyl (C=O) groups excluding carboxylic acids is 1. The number of carbonyl (C=O) groups is 1. The molecule has 2 aromatic heterocycles. The summed E-state index contributed by atoms with van der Waals surface area (Å²) in [6.07, 6.45) is 2.84. The first-order chi connectivity index (χ1) is 7.24. The predicted molar refractivity (Wildman–Crippen MR) is 62.5 cm³/mol. The molecule has 0 atom stereocenters. The fraction of sp³-hybridized carbons (Fsp3) is 0.222. The second kappa shape index (κ2) is 5.09. The first-order valence-corrected chi connectivity index (χ1v) is 5.24. The molecule has 0 spiro atoms. The quantitative estimate of drug-likeness (QED) is 0.765. The summed E-state index contributed by atoms with van der Waals surface area (Å²) in [5.41, 5.74) is -0.424. The lowest BCUT2D eigenvalue weighted by molar-refractivity contribution is 0.0523. The van der Waals surface area contributed by atoms with Crippen LogP contribution in [0, 0.1) is 0 Å². The topological polar surface area (TPSA) is 60.7 Å². The van der Waals surface area contributed by atoms with Crippen LogP contribution in [0.4, 0.5) is 0 Å². The number of halogens is 1. The van der Waals surface area contributed by atoms with Crippen LogP contribution in [-0.4, -0.2) is 22.0 Å². The molecular weight excluding hydrogens is 252 g/mol. The fourth-order valence-corrected chi connectivity index (χ4v) is 1.85. The molecule has 0 aliphatic carbocycles. The first kappa shape index (κ1) is 12.7. The summed E-state index contributed by atoms with van der Waals surface area (Å²) in [6.45, 7) is 1.93. The van der Waals surface area contributed by atoms with Gasteiger partial charge in [0.1, 0.15) is 5.56 Å². The predicted octanol–water partition coefficient (Wildman–Crippen LogP) is 1.35. The SMILES string of the molecule is CCOC(=O)c1cnc2sccn2c1=O.Cl. The Bertz CT molecular complexity index is 563. The third kappa shape index (κ3) is 2.07. The van der Waals surface area contributed by atoms with E-state index in [2.05, 4.69) is 4.98 Å². The van der Waals surface area contributed by atoms with Crippen LogP contribution >= 0.6 is 23.7 Å². The molecule has 0 N–H and O–H groups in total. The van der Waals surface area contributed by atoms with Crippen molar-refractivity contribution in [3.63, 3.8) is 0 Å². The summed E-state index contributed by atoms with van der Waals surface area (Å²) in [6, 6.07) is 0. The Morgan fingerprint density at radius 2 is 2.38 bits per heavy atom. The van der Waals surface area contributed by atoms with Crippen LogP contribution in [-0.2, 0) is 4.74 Å². The zero-order chi connectivity index (χ0) is 10.8. The molecule has 0 aromatic carbocycles. The maximum absolute atomic E-state index is 11.7. The Balaban J connectivity index is 0.00000128. The van der Waals surface area contributed by atoms with Gasteiger partial charge in [-0.05, 0) is 6.92 Å². The molecule has 2 rings (SSSR count). The first-order valence-electron chi connectivity index (χ1n) is 4.36. The van der Waals surface area contributed by atoms with Gasteiger partial charge in [-0.3, -0.25) is 9.20 Å². The highest BCUT2D eigenvalue weighted by atomic mass is 35.5. The lowest BCUT2D eigenvalue weighted by Gasteiger charge is -2.00. The Hall–Kier alpha value is -1.40. The van der Waals surface area contributed by atoms with E-state index in [9.17, 15) is 9.59 Å². The molecule has 0 unspecified atom stereocenters. The Labute approximate surface area is 101 Å². The Morgan fingerprint density at radius 1 is 1.62 bits per heavy atom. The smallest absolute Gasteiger partial charge is 0.345 e. The Kier molecular flexibility index (Phi) is 4.03. The van der Waals surface area contributed by atoms with E-state index >= 15 is 0 Å². The monoisotopic (exact) mass is 260 g/mol. The van der Waals surface area contributed by atoms with E-state index < -0.39 is 5.97 Å². The van der Waals surface area contributed by atoms with Crippen molar-refractivity contribution in [2.75, 3.05) is 6.61 Å². The number of aromatic nitrogens is 2. The van der Waals surface area contributed by atoms with Crippen molar-refractivity contribution in [3.8, 4) is 0 Å². The molecule has 0 fully saturated rings. The molecule has 0 amide bonds. The van der Waals surface area contributed by atoms with Crippen molar-refractivity contribution in [2.45, 2.75) is 6.92 Å². The highest BCUT2D eigenvalue weighted by Gasteiger charge is 2.14. The van der Waals surface area contributed by atoms with Crippen molar-refractivity contribution in [1.82, 2.24) is 9.38 Å². The summed E-state index contributed by atoms with van der Waals surface area (Å²) in [4.78, 5) is 27.6. The van der Waals surface area contributed by atoms with Gasteiger partial charge in [-0.15, -0.1) is 23.7 Å². The molecule has 0 aliphatic heterocycles. The molecule has 86 valence electrons. The third-order valence-electron chi connectivity index (χ3n) is 1.84. The van der Waals surface area contributed by atoms with E-state index in [1.54, 1.807) is 18.5 Å². The number of nitrogens with zero attached hydrogens (tertiary/aromatic N) is 2. The van der Waals surface area contributed by atoms with Crippen LogP contribution in [0.15, 0.2) is 22.6 Å². The summed E-state index contributed by atoms with van der Waals surface area (Å²) in [5.74, 6) is -0.629. The molecule has 2 heterocycles. The second-order valence-corrected chi connectivity index (χ2v) is 3.63. The standard InChI is InChI=1S/C9H8N2O3S.ClH/c1-2-14-8(13)6-5-10-9-11(7(6)12)3-4-15-9;/h3-5H,2H2,1H3;1H. The molecule has 0 aliphatic rings. The fourth-order valence-electron chi connectivity index (χ4n) is 1.17. The van der Waals surface area contributed by atoms with Gasteiger partial charge in [-0.1, -0.05) is 0 Å². The van der Waals surface area contributed by atoms with Crippen LogP contribution < -0.4 is 5.56 Å². The number of fused-ring (bicyclic) bond motifs is 1. The molecule has 0 radical (unpaired) electrons. The molecule has 0 saturated carbocycles. The molecular formula is C9H9ClN2O3S. The molecule has 0 bridgehead atoms. The van der Waals surface area contributed by atoms with Crippen molar-refractivity contribution >= 4 is 34.7 Å². The Morgan fingerprint density at radius 3 is 3.06 bits per heavy atom. The lowest BCUT2D eigenvalue weighted by Crippen LogP contribution is -2.23. The van der Waals surface area contributed by atoms with Gasteiger partial charge in [0.15, 0.2) is 4.96 Å². The summed E-state index contributed by atoms with van der Waals surface area (Å²) >= 11 is 1.33. The van der Waals surface area contributed by atoms with Crippen molar-refractivity contribution in [2.24, 2.45) is 0 Å². The van der Waals surface area contributed by atoms with E-state index in [-0.39, 0.29) is 30.1 Å². The van der Waals surface area contributed by atoms with Crippen molar-refractivity contribution in [1.29, 1.82) is 0 Å². The van der Waals surface area contributed by atoms with Crippen LogP contribution in [0.3, 0.4) is 0 Å². The van der Waals surface area contributed by atoms with E-state index in [4.69, 9.17) is 4.74 Å². The van der Waals surface area contributed by atoms with Gasteiger partial charge in [0.25, 0.3) is 5.56 Å². The average Bonchev–Trinajstić information content (AvgIpc) is 2.67. The van der Waals surface area contributed by atoms with Gasteiger partial charge in [-0.25, -0.2) is 9.78 Å². The van der Waals surface area contributed by atoms with E-state index in [1.165, 1.54) is 21.9 Å². The molecule has 2 aromatic rings. The van der Waals surface area contributed by atoms with Crippen molar-refractivity contribution < 1.29 is 9.53 Å². The zero-order valence-electron chi connectivity index (χ0n) is 8.37. The number of ether oxygens (including phenoxy) is 1. The van der Waals surface area contributed by atoms with Gasteiger partial charge >= 0.3 is 5.97 Å². The number of esters is 1. The van der Waals surface area contributed by atoms with Crippen LogP contribution in [0.5, 0.6) is 0 Å². The van der Waals surface area contributed by atoms with Gasteiger partial charge in [0.05, 0.1) is 12.8 Å². The molecule has 16 heavy (non-hydrogen) atoms. The molecule has 0 saturated heterocycles. The van der Waals surface area contributed by atoms with Crippen molar-refractivity contribution in [3.05, 3.63) is 33.7 Å². The average molecular weight is 261 g/mol. The number of thiazole rings is 1. The van der Waals surface area contributed by atoms with E-state index in [1.807, 2.05) is 0 Å². The lowest BCUT2D eigenvalue weighted by atomic mass is 10.3. The minimum absolute atomic E-state index is 0. The summed E-state index contributed by atoms with van der Waals surface area (Å²) < 4.78 is 6.08.